The number of halogens is 3. The van der Waals surface area contributed by atoms with Crippen molar-refractivity contribution >= 4 is 45.6 Å². The zero-order valence-corrected chi connectivity index (χ0v) is 14.4. The molecule has 0 unspecified atom stereocenters. The van der Waals surface area contributed by atoms with Crippen LogP contribution in [0.1, 0.15) is 20.9 Å². The van der Waals surface area contributed by atoms with Gasteiger partial charge < -0.3 is 0 Å². The van der Waals surface area contributed by atoms with Gasteiger partial charge in [-0.25, -0.2) is 4.39 Å². The number of nitrogens with one attached hydrogen (secondary N) is 1. The summed E-state index contributed by atoms with van der Waals surface area (Å²) in [5, 5.41) is 11.5. The molecule has 1 amide bonds. The number of anilines is 1. The van der Waals surface area contributed by atoms with Gasteiger partial charge in [0.15, 0.2) is 0 Å². The van der Waals surface area contributed by atoms with Crippen molar-refractivity contribution in [2.75, 3.05) is 5.32 Å². The summed E-state index contributed by atoms with van der Waals surface area (Å²) < 4.78 is 13.5. The van der Waals surface area contributed by atoms with Gasteiger partial charge in [-0.15, -0.1) is 10.2 Å². The zero-order chi connectivity index (χ0) is 17.1. The fraction of sp³-hybridized carbons (Fsp3) is 0.0625. The van der Waals surface area contributed by atoms with E-state index in [2.05, 4.69) is 15.5 Å². The summed E-state index contributed by atoms with van der Waals surface area (Å²) >= 11 is 12.8. The van der Waals surface area contributed by atoms with E-state index in [1.165, 1.54) is 17.4 Å². The predicted octanol–water partition coefficient (Wildman–Crippen LogP) is 4.83. The fourth-order valence-corrected chi connectivity index (χ4v) is 3.25. The minimum atomic E-state index is -0.715. The van der Waals surface area contributed by atoms with Crippen LogP contribution in [-0.4, -0.2) is 16.1 Å². The van der Waals surface area contributed by atoms with Gasteiger partial charge in [0, 0.05) is 6.42 Å². The molecule has 3 aromatic rings. The van der Waals surface area contributed by atoms with E-state index in [0.717, 1.165) is 16.6 Å². The van der Waals surface area contributed by atoms with Crippen LogP contribution in [0.3, 0.4) is 0 Å². The van der Waals surface area contributed by atoms with Crippen molar-refractivity contribution in [1.29, 1.82) is 0 Å². The highest BCUT2D eigenvalue weighted by atomic mass is 35.5. The minimum absolute atomic E-state index is 0.0154. The van der Waals surface area contributed by atoms with Gasteiger partial charge in [0.1, 0.15) is 10.8 Å². The first-order chi connectivity index (χ1) is 11.5. The van der Waals surface area contributed by atoms with Crippen LogP contribution in [0, 0.1) is 5.82 Å². The summed E-state index contributed by atoms with van der Waals surface area (Å²) in [6.45, 7) is 0. The number of benzene rings is 2. The van der Waals surface area contributed by atoms with E-state index in [4.69, 9.17) is 23.2 Å². The molecular formula is C16H10Cl2FN3OS. The van der Waals surface area contributed by atoms with Crippen molar-refractivity contribution in [2.24, 2.45) is 0 Å². The van der Waals surface area contributed by atoms with E-state index in [-0.39, 0.29) is 15.6 Å². The Bertz CT molecular complexity index is 886. The number of carbonyl (C=O) groups is 1. The largest absolute Gasteiger partial charge is 0.296 e. The lowest BCUT2D eigenvalue weighted by molar-refractivity contribution is 0.102. The summed E-state index contributed by atoms with van der Waals surface area (Å²) in [5.74, 6) is -1.29. The molecule has 0 aliphatic carbocycles. The Balaban J connectivity index is 1.73. The monoisotopic (exact) mass is 381 g/mol. The van der Waals surface area contributed by atoms with Crippen LogP contribution >= 0.6 is 34.5 Å². The summed E-state index contributed by atoms with van der Waals surface area (Å²) in [6, 6.07) is 12.0. The molecule has 24 heavy (non-hydrogen) atoms. The van der Waals surface area contributed by atoms with Gasteiger partial charge in [-0.2, -0.15) is 0 Å². The van der Waals surface area contributed by atoms with Crippen molar-refractivity contribution in [3.8, 4) is 0 Å². The lowest BCUT2D eigenvalue weighted by atomic mass is 10.2. The number of hydrogen-bond acceptors (Lipinski definition) is 4. The lowest BCUT2D eigenvalue weighted by Crippen LogP contribution is -2.12. The number of carbonyl (C=O) groups excluding carboxylic acids is 1. The Hall–Kier alpha value is -2.02. The molecule has 0 radical (unpaired) electrons. The molecule has 3 rings (SSSR count). The molecule has 1 N–H and O–H groups in total. The maximum Gasteiger partial charge on any atom is 0.259 e. The molecule has 1 heterocycles. The summed E-state index contributed by atoms with van der Waals surface area (Å²) in [4.78, 5) is 12.2. The number of aromatic nitrogens is 2. The van der Waals surface area contributed by atoms with Crippen molar-refractivity contribution in [2.45, 2.75) is 6.42 Å². The van der Waals surface area contributed by atoms with Gasteiger partial charge in [0.05, 0.1) is 15.6 Å². The summed E-state index contributed by atoms with van der Waals surface area (Å²) in [7, 11) is 0. The zero-order valence-electron chi connectivity index (χ0n) is 12.1. The topological polar surface area (TPSA) is 54.9 Å². The third kappa shape index (κ3) is 3.90. The standard InChI is InChI=1S/C16H10Cl2FN3OS/c17-11-8-12(18)13(19)7-10(11)15(23)20-16-22-21-14(24-16)6-9-4-2-1-3-5-9/h1-5,7-8H,6H2,(H,20,22,23). The van der Waals surface area contributed by atoms with E-state index >= 15 is 0 Å². The van der Waals surface area contributed by atoms with Gasteiger partial charge in [-0.05, 0) is 17.7 Å². The molecule has 0 bridgehead atoms. The van der Waals surface area contributed by atoms with E-state index in [1.807, 2.05) is 30.3 Å². The van der Waals surface area contributed by atoms with Crippen LogP contribution in [0.25, 0.3) is 0 Å². The van der Waals surface area contributed by atoms with Crippen LogP contribution in [0.15, 0.2) is 42.5 Å². The van der Waals surface area contributed by atoms with Gasteiger partial charge in [-0.1, -0.05) is 64.9 Å². The normalized spacial score (nSPS) is 10.6. The fourth-order valence-electron chi connectivity index (χ4n) is 2.01. The van der Waals surface area contributed by atoms with Gasteiger partial charge in [-0.3, -0.25) is 10.1 Å². The number of hydrogen-bond donors (Lipinski definition) is 1. The van der Waals surface area contributed by atoms with Gasteiger partial charge in [0.2, 0.25) is 5.13 Å². The number of rotatable bonds is 4. The van der Waals surface area contributed by atoms with Crippen LogP contribution in [0.2, 0.25) is 10.0 Å². The van der Waals surface area contributed by atoms with E-state index in [9.17, 15) is 9.18 Å². The highest BCUT2D eigenvalue weighted by Gasteiger charge is 2.16. The second-order valence-corrected chi connectivity index (χ2v) is 6.74. The third-order valence-corrected chi connectivity index (χ3v) is 4.58. The molecule has 0 aliphatic rings. The minimum Gasteiger partial charge on any atom is -0.296 e. The number of nitrogens with zero attached hydrogens (tertiary/aromatic N) is 2. The smallest absolute Gasteiger partial charge is 0.259 e. The second kappa shape index (κ2) is 7.25. The highest BCUT2D eigenvalue weighted by molar-refractivity contribution is 7.15. The predicted molar refractivity (Wildman–Crippen MR) is 93.5 cm³/mol. The van der Waals surface area contributed by atoms with Crippen LogP contribution in [0.5, 0.6) is 0 Å². The Labute approximate surface area is 151 Å². The van der Waals surface area contributed by atoms with Gasteiger partial charge >= 0.3 is 0 Å². The maximum absolute atomic E-state index is 13.5. The molecule has 1 aromatic heterocycles. The molecule has 0 aliphatic heterocycles. The molecule has 2 aromatic carbocycles. The highest BCUT2D eigenvalue weighted by Crippen LogP contribution is 2.26. The van der Waals surface area contributed by atoms with Crippen molar-refractivity contribution < 1.29 is 9.18 Å². The summed E-state index contributed by atoms with van der Waals surface area (Å²) in [6.07, 6.45) is 0.616. The van der Waals surface area contributed by atoms with Gasteiger partial charge in [0.25, 0.3) is 5.91 Å². The first kappa shape index (κ1) is 16.8. The maximum atomic E-state index is 13.5. The van der Waals surface area contributed by atoms with Crippen molar-refractivity contribution in [1.82, 2.24) is 10.2 Å². The molecular weight excluding hydrogens is 372 g/mol. The van der Waals surface area contributed by atoms with E-state index in [1.54, 1.807) is 0 Å². The third-order valence-electron chi connectivity index (χ3n) is 3.14. The molecule has 122 valence electrons. The first-order valence-electron chi connectivity index (χ1n) is 6.85. The first-order valence-corrected chi connectivity index (χ1v) is 8.42. The van der Waals surface area contributed by atoms with Crippen molar-refractivity contribution in [3.63, 3.8) is 0 Å². The Morgan fingerprint density at radius 2 is 1.88 bits per heavy atom. The SMILES string of the molecule is O=C(Nc1nnc(Cc2ccccc2)s1)c1cc(F)c(Cl)cc1Cl. The average Bonchev–Trinajstić information content (AvgIpc) is 2.98. The Kier molecular flexibility index (Phi) is 5.08. The average molecular weight is 382 g/mol. The van der Waals surface area contributed by atoms with Crippen LogP contribution < -0.4 is 5.32 Å². The van der Waals surface area contributed by atoms with Crippen molar-refractivity contribution in [3.05, 3.63) is 74.5 Å². The molecule has 8 heteroatoms. The molecule has 0 saturated heterocycles. The molecule has 0 atom stereocenters. The Morgan fingerprint density at radius 1 is 1.12 bits per heavy atom. The molecule has 4 nitrogen and oxygen atoms in total. The molecule has 0 fully saturated rings. The second-order valence-electron chi connectivity index (χ2n) is 4.86. The quantitative estimate of drug-likeness (QED) is 0.658. The van der Waals surface area contributed by atoms with E-state index in [0.29, 0.717) is 11.6 Å². The van der Waals surface area contributed by atoms with Crippen LogP contribution in [-0.2, 0) is 6.42 Å². The summed E-state index contributed by atoms with van der Waals surface area (Å²) in [5.41, 5.74) is 1.08. The molecule has 0 spiro atoms. The number of amides is 1. The Morgan fingerprint density at radius 3 is 2.62 bits per heavy atom. The lowest BCUT2D eigenvalue weighted by Gasteiger charge is -2.05. The molecule has 0 saturated carbocycles. The van der Waals surface area contributed by atoms with E-state index < -0.39 is 11.7 Å². The van der Waals surface area contributed by atoms with Crippen LogP contribution in [0.4, 0.5) is 9.52 Å².